The minimum Gasteiger partial charge on any atom is -0.481 e. The van der Waals surface area contributed by atoms with Crippen LogP contribution in [-0.4, -0.2) is 17.6 Å². The highest BCUT2D eigenvalue weighted by molar-refractivity contribution is 9.10. The summed E-state index contributed by atoms with van der Waals surface area (Å²) < 4.78 is 1.05. The molecule has 0 saturated heterocycles. The number of hydrogen-bond donors (Lipinski definition) is 2. The Hall–Kier alpha value is -0.870. The van der Waals surface area contributed by atoms with Crippen molar-refractivity contribution in [2.45, 2.75) is 19.9 Å². The molecule has 0 aliphatic heterocycles. The Labute approximate surface area is 104 Å². The Morgan fingerprint density at radius 3 is 2.56 bits per heavy atom. The lowest BCUT2D eigenvalue weighted by Gasteiger charge is -2.10. The monoisotopic (exact) mass is 285 g/mol. The van der Waals surface area contributed by atoms with Crippen molar-refractivity contribution < 1.29 is 9.90 Å². The minimum absolute atomic E-state index is 0.296. The maximum absolute atomic E-state index is 10.8. The van der Waals surface area contributed by atoms with Crippen molar-refractivity contribution in [3.8, 4) is 0 Å². The molecular weight excluding hydrogens is 270 g/mol. The Bertz CT molecular complexity index is 337. The van der Waals surface area contributed by atoms with E-state index in [1.54, 1.807) is 0 Å². The van der Waals surface area contributed by atoms with Crippen molar-refractivity contribution in [2.24, 2.45) is 5.92 Å². The van der Waals surface area contributed by atoms with Crippen LogP contribution >= 0.6 is 15.9 Å². The fourth-order valence-corrected chi connectivity index (χ4v) is 1.66. The van der Waals surface area contributed by atoms with E-state index in [1.807, 2.05) is 31.2 Å². The molecule has 0 saturated carbocycles. The molecule has 2 N–H and O–H groups in total. The van der Waals surface area contributed by atoms with Crippen LogP contribution in [0.15, 0.2) is 28.7 Å². The summed E-state index contributed by atoms with van der Waals surface area (Å²) in [6, 6.07) is 7.98. The predicted octanol–water partition coefficient (Wildman–Crippen LogP) is 2.65. The van der Waals surface area contributed by atoms with Gasteiger partial charge in [-0.2, -0.15) is 0 Å². The minimum atomic E-state index is -0.731. The summed E-state index contributed by atoms with van der Waals surface area (Å²) in [6.45, 7) is 3.11. The quantitative estimate of drug-likeness (QED) is 0.845. The first kappa shape index (κ1) is 13.2. The van der Waals surface area contributed by atoms with Gasteiger partial charge in [0, 0.05) is 17.6 Å². The van der Waals surface area contributed by atoms with Crippen molar-refractivity contribution >= 4 is 21.9 Å². The van der Waals surface area contributed by atoms with Crippen molar-refractivity contribution in [2.75, 3.05) is 6.54 Å². The molecule has 0 bridgehead atoms. The Morgan fingerprint density at radius 1 is 1.44 bits per heavy atom. The van der Waals surface area contributed by atoms with Gasteiger partial charge in [0.05, 0.1) is 5.92 Å². The van der Waals surface area contributed by atoms with Crippen LogP contribution in [0.4, 0.5) is 0 Å². The van der Waals surface area contributed by atoms with Gasteiger partial charge >= 0.3 is 5.97 Å². The summed E-state index contributed by atoms with van der Waals surface area (Å²) in [4.78, 5) is 10.8. The van der Waals surface area contributed by atoms with Crippen LogP contribution in [0.2, 0.25) is 0 Å². The van der Waals surface area contributed by atoms with E-state index in [4.69, 9.17) is 5.11 Å². The molecule has 1 aromatic rings. The van der Waals surface area contributed by atoms with Gasteiger partial charge < -0.3 is 10.4 Å². The van der Waals surface area contributed by atoms with Crippen molar-refractivity contribution in [3.05, 3.63) is 34.3 Å². The number of carboxylic acid groups (broad SMARTS) is 1. The van der Waals surface area contributed by atoms with Gasteiger partial charge in [-0.1, -0.05) is 35.0 Å². The van der Waals surface area contributed by atoms with Crippen LogP contribution in [-0.2, 0) is 11.3 Å². The van der Waals surface area contributed by atoms with E-state index < -0.39 is 5.97 Å². The van der Waals surface area contributed by atoms with Crippen LogP contribution in [0.3, 0.4) is 0 Å². The third kappa shape index (κ3) is 4.33. The van der Waals surface area contributed by atoms with E-state index in [0.29, 0.717) is 19.5 Å². The summed E-state index contributed by atoms with van der Waals surface area (Å²) in [5, 5.41) is 12.0. The summed E-state index contributed by atoms with van der Waals surface area (Å²) in [5.74, 6) is -1.03. The number of benzene rings is 1. The van der Waals surface area contributed by atoms with Crippen molar-refractivity contribution in [1.29, 1.82) is 0 Å². The SMILES string of the molecule is CCC(CNCc1ccc(Br)cc1)C(=O)O. The smallest absolute Gasteiger partial charge is 0.307 e. The molecule has 0 radical (unpaired) electrons. The Morgan fingerprint density at radius 2 is 2.06 bits per heavy atom. The first-order valence-electron chi connectivity index (χ1n) is 5.31. The van der Waals surface area contributed by atoms with E-state index in [-0.39, 0.29) is 5.92 Å². The van der Waals surface area contributed by atoms with Crippen LogP contribution < -0.4 is 5.32 Å². The molecule has 1 rings (SSSR count). The first-order valence-corrected chi connectivity index (χ1v) is 6.10. The molecule has 16 heavy (non-hydrogen) atoms. The largest absolute Gasteiger partial charge is 0.481 e. The molecule has 1 atom stereocenters. The van der Waals surface area contributed by atoms with Crippen molar-refractivity contribution in [3.63, 3.8) is 0 Å². The van der Waals surface area contributed by atoms with E-state index in [9.17, 15) is 4.79 Å². The lowest BCUT2D eigenvalue weighted by atomic mass is 10.1. The van der Waals surface area contributed by atoms with Gasteiger partial charge in [-0.15, -0.1) is 0 Å². The van der Waals surface area contributed by atoms with Gasteiger partial charge in [0.15, 0.2) is 0 Å². The number of halogens is 1. The average Bonchev–Trinajstić information content (AvgIpc) is 2.26. The van der Waals surface area contributed by atoms with E-state index in [2.05, 4.69) is 21.2 Å². The Kier molecular flexibility index (Phi) is 5.49. The van der Waals surface area contributed by atoms with Crippen LogP contribution in [0, 0.1) is 5.92 Å². The van der Waals surface area contributed by atoms with E-state index in [0.717, 1.165) is 10.0 Å². The fraction of sp³-hybridized carbons (Fsp3) is 0.417. The van der Waals surface area contributed by atoms with E-state index in [1.165, 1.54) is 0 Å². The summed E-state index contributed by atoms with van der Waals surface area (Å²) in [7, 11) is 0. The molecular formula is C12H16BrNO2. The van der Waals surface area contributed by atoms with Crippen LogP contribution in [0.25, 0.3) is 0 Å². The molecule has 0 aliphatic carbocycles. The Balaban J connectivity index is 2.35. The third-order valence-electron chi connectivity index (χ3n) is 2.48. The summed E-state index contributed by atoms with van der Waals surface area (Å²) in [6.07, 6.45) is 0.655. The molecule has 88 valence electrons. The van der Waals surface area contributed by atoms with E-state index >= 15 is 0 Å². The second-order valence-corrected chi connectivity index (χ2v) is 4.62. The first-order chi connectivity index (χ1) is 7.63. The molecule has 0 aliphatic rings. The molecule has 0 fully saturated rings. The highest BCUT2D eigenvalue weighted by atomic mass is 79.9. The maximum atomic E-state index is 10.8. The molecule has 0 amide bonds. The predicted molar refractivity (Wildman–Crippen MR) is 67.3 cm³/mol. The van der Waals surface area contributed by atoms with Gasteiger partial charge in [-0.05, 0) is 24.1 Å². The number of hydrogen-bond acceptors (Lipinski definition) is 2. The molecule has 1 unspecified atom stereocenters. The van der Waals surface area contributed by atoms with Crippen molar-refractivity contribution in [1.82, 2.24) is 5.32 Å². The maximum Gasteiger partial charge on any atom is 0.307 e. The fourth-order valence-electron chi connectivity index (χ4n) is 1.40. The number of rotatable bonds is 6. The number of carboxylic acids is 1. The molecule has 3 nitrogen and oxygen atoms in total. The van der Waals surface area contributed by atoms with Crippen LogP contribution in [0.5, 0.6) is 0 Å². The molecule has 1 aromatic carbocycles. The average molecular weight is 286 g/mol. The van der Waals surface area contributed by atoms with Gasteiger partial charge in [0.2, 0.25) is 0 Å². The number of aliphatic carboxylic acids is 1. The lowest BCUT2D eigenvalue weighted by molar-refractivity contribution is -0.141. The van der Waals surface area contributed by atoms with Gasteiger partial charge in [0.25, 0.3) is 0 Å². The molecule has 0 heterocycles. The van der Waals surface area contributed by atoms with Crippen LogP contribution in [0.1, 0.15) is 18.9 Å². The topological polar surface area (TPSA) is 49.3 Å². The number of carbonyl (C=O) groups is 1. The highest BCUT2D eigenvalue weighted by Gasteiger charge is 2.13. The summed E-state index contributed by atoms with van der Waals surface area (Å²) >= 11 is 3.37. The molecule has 0 spiro atoms. The second kappa shape index (κ2) is 6.66. The zero-order valence-corrected chi connectivity index (χ0v) is 10.8. The zero-order chi connectivity index (χ0) is 12.0. The molecule has 4 heteroatoms. The lowest BCUT2D eigenvalue weighted by Crippen LogP contribution is -2.27. The van der Waals surface area contributed by atoms with Gasteiger partial charge in [-0.3, -0.25) is 4.79 Å². The zero-order valence-electron chi connectivity index (χ0n) is 9.24. The molecule has 0 aromatic heterocycles. The highest BCUT2D eigenvalue weighted by Crippen LogP contribution is 2.10. The standard InChI is InChI=1S/C12H16BrNO2/c1-2-10(12(15)16)8-14-7-9-3-5-11(13)6-4-9/h3-6,10,14H,2,7-8H2,1H3,(H,15,16). The summed E-state index contributed by atoms with van der Waals surface area (Å²) in [5.41, 5.74) is 1.16. The normalized spacial score (nSPS) is 12.4. The third-order valence-corrected chi connectivity index (χ3v) is 3.00. The van der Waals surface area contributed by atoms with Gasteiger partial charge in [-0.25, -0.2) is 0 Å². The second-order valence-electron chi connectivity index (χ2n) is 3.70. The number of nitrogens with one attached hydrogen (secondary N) is 1. The van der Waals surface area contributed by atoms with Gasteiger partial charge in [0.1, 0.15) is 0 Å².